The fourth-order valence-electron chi connectivity index (χ4n) is 2.31. The summed E-state index contributed by atoms with van der Waals surface area (Å²) < 4.78 is 0. The molecular weight excluding hydrogens is 244 g/mol. The van der Waals surface area contributed by atoms with Crippen molar-refractivity contribution in [3.8, 4) is 0 Å². The maximum absolute atomic E-state index is 5.80. The summed E-state index contributed by atoms with van der Waals surface area (Å²) in [4.78, 5) is 13.2. The highest BCUT2D eigenvalue weighted by atomic mass is 32.2. The molecule has 4 nitrogen and oxygen atoms in total. The first-order valence-corrected chi connectivity index (χ1v) is 7.82. The minimum atomic E-state index is 0.380. The minimum absolute atomic E-state index is 0.380. The van der Waals surface area contributed by atoms with Gasteiger partial charge >= 0.3 is 0 Å². The van der Waals surface area contributed by atoms with Crippen LogP contribution in [-0.4, -0.2) is 20.2 Å². The molecule has 1 aromatic heterocycles. The maximum Gasteiger partial charge on any atom is 0.223 e. The van der Waals surface area contributed by atoms with Crippen molar-refractivity contribution in [2.24, 2.45) is 0 Å². The Kier molecular flexibility index (Phi) is 4.80. The van der Waals surface area contributed by atoms with Crippen molar-refractivity contribution < 1.29 is 0 Å². The quantitative estimate of drug-likeness (QED) is 0.907. The van der Waals surface area contributed by atoms with Gasteiger partial charge in [-0.3, -0.25) is 0 Å². The van der Waals surface area contributed by atoms with Crippen LogP contribution in [0.4, 0.5) is 5.95 Å². The van der Waals surface area contributed by atoms with Crippen LogP contribution in [0.15, 0.2) is 0 Å². The zero-order valence-corrected chi connectivity index (χ0v) is 12.0. The predicted octanol–water partition coefficient (Wildman–Crippen LogP) is 3.14. The fourth-order valence-corrected chi connectivity index (χ4v) is 2.92. The number of aromatic nitrogens is 3. The summed E-state index contributed by atoms with van der Waals surface area (Å²) in [5, 5.41) is 0.584. The average Bonchev–Trinajstić information content (AvgIpc) is 2.37. The number of nitrogens with zero attached hydrogens (tertiary/aromatic N) is 3. The highest BCUT2D eigenvalue weighted by Gasteiger charge is 2.19. The normalized spacial score (nSPS) is 17.3. The van der Waals surface area contributed by atoms with E-state index in [0.717, 1.165) is 17.4 Å². The Balaban J connectivity index is 2.09. The molecule has 0 amide bonds. The van der Waals surface area contributed by atoms with Crippen molar-refractivity contribution in [1.29, 1.82) is 0 Å². The molecule has 1 saturated carbocycles. The Morgan fingerprint density at radius 3 is 2.56 bits per heavy atom. The van der Waals surface area contributed by atoms with E-state index < -0.39 is 0 Å². The van der Waals surface area contributed by atoms with E-state index >= 15 is 0 Å². The van der Waals surface area contributed by atoms with Crippen molar-refractivity contribution in [3.63, 3.8) is 0 Å². The lowest BCUT2D eigenvalue weighted by molar-refractivity contribution is 0.427. The zero-order valence-electron chi connectivity index (χ0n) is 11.2. The van der Waals surface area contributed by atoms with Gasteiger partial charge in [-0.05, 0) is 18.1 Å². The number of hydrogen-bond donors (Lipinski definition) is 1. The zero-order chi connectivity index (χ0) is 13.0. The van der Waals surface area contributed by atoms with E-state index in [4.69, 9.17) is 5.73 Å². The molecule has 100 valence electrons. The predicted molar refractivity (Wildman–Crippen MR) is 76.5 cm³/mol. The summed E-state index contributed by atoms with van der Waals surface area (Å²) >= 11 is 1.84. The molecule has 0 aromatic carbocycles. The number of rotatable bonds is 4. The van der Waals surface area contributed by atoms with Crippen LogP contribution in [0.3, 0.4) is 0 Å². The first-order chi connectivity index (χ1) is 8.65. The molecule has 0 radical (unpaired) electrons. The Morgan fingerprint density at radius 2 is 1.89 bits per heavy atom. The second kappa shape index (κ2) is 6.36. The first kappa shape index (κ1) is 13.6. The van der Waals surface area contributed by atoms with Crippen LogP contribution in [0.5, 0.6) is 0 Å². The van der Waals surface area contributed by atoms with E-state index in [1.807, 2.05) is 11.8 Å². The van der Waals surface area contributed by atoms with Crippen LogP contribution in [0.2, 0.25) is 0 Å². The molecule has 5 heteroatoms. The maximum atomic E-state index is 5.80. The number of anilines is 1. The third-order valence-electron chi connectivity index (χ3n) is 3.23. The van der Waals surface area contributed by atoms with Gasteiger partial charge in [0.1, 0.15) is 11.6 Å². The molecule has 1 aliphatic carbocycles. The van der Waals surface area contributed by atoms with Gasteiger partial charge in [0.2, 0.25) is 5.95 Å². The number of nitrogens with two attached hydrogens (primary N) is 1. The molecule has 0 aliphatic heterocycles. The van der Waals surface area contributed by atoms with Crippen LogP contribution in [0.1, 0.15) is 63.5 Å². The molecule has 1 aromatic rings. The van der Waals surface area contributed by atoms with Crippen molar-refractivity contribution in [3.05, 3.63) is 11.6 Å². The van der Waals surface area contributed by atoms with Gasteiger partial charge in [0.05, 0.1) is 5.75 Å². The van der Waals surface area contributed by atoms with Crippen LogP contribution >= 0.6 is 11.8 Å². The lowest BCUT2D eigenvalue weighted by Crippen LogP contribution is -2.13. The summed E-state index contributed by atoms with van der Waals surface area (Å²) in [5.41, 5.74) is 5.80. The molecule has 0 atom stereocenters. The van der Waals surface area contributed by atoms with Crippen LogP contribution < -0.4 is 5.73 Å². The lowest BCUT2D eigenvalue weighted by atomic mass is 9.89. The minimum Gasteiger partial charge on any atom is -0.368 e. The first-order valence-electron chi connectivity index (χ1n) is 6.77. The Labute approximate surface area is 113 Å². The van der Waals surface area contributed by atoms with Crippen molar-refractivity contribution in [1.82, 2.24) is 15.0 Å². The van der Waals surface area contributed by atoms with E-state index in [0.29, 0.717) is 17.1 Å². The van der Waals surface area contributed by atoms with Gasteiger partial charge < -0.3 is 5.73 Å². The summed E-state index contributed by atoms with van der Waals surface area (Å²) in [6, 6.07) is 0. The van der Waals surface area contributed by atoms with Crippen LogP contribution in [-0.2, 0) is 5.75 Å². The summed E-state index contributed by atoms with van der Waals surface area (Å²) in [5.74, 6) is 3.45. The summed E-state index contributed by atoms with van der Waals surface area (Å²) in [6.07, 6.45) is 6.30. The highest BCUT2D eigenvalue weighted by Crippen LogP contribution is 2.31. The third kappa shape index (κ3) is 3.83. The average molecular weight is 266 g/mol. The number of hydrogen-bond acceptors (Lipinski definition) is 5. The molecule has 0 bridgehead atoms. The number of thioether (sulfide) groups is 1. The lowest BCUT2D eigenvalue weighted by Gasteiger charge is -2.20. The Morgan fingerprint density at radius 1 is 1.17 bits per heavy atom. The van der Waals surface area contributed by atoms with Crippen molar-refractivity contribution in [2.75, 3.05) is 5.73 Å². The van der Waals surface area contributed by atoms with Crippen molar-refractivity contribution >= 4 is 17.7 Å². The molecule has 1 fully saturated rings. The van der Waals surface area contributed by atoms with Gasteiger partial charge in [0, 0.05) is 5.92 Å². The van der Waals surface area contributed by atoms with E-state index in [1.54, 1.807) is 0 Å². The highest BCUT2D eigenvalue weighted by molar-refractivity contribution is 7.99. The SMILES string of the molecule is CC(C)SCc1nc(N)nc(C2CCCCC2)n1. The van der Waals surface area contributed by atoms with Gasteiger partial charge in [-0.15, -0.1) is 0 Å². The smallest absolute Gasteiger partial charge is 0.223 e. The number of nitrogen functional groups attached to an aromatic ring is 1. The molecule has 2 rings (SSSR count). The van der Waals surface area contributed by atoms with Crippen LogP contribution in [0, 0.1) is 0 Å². The van der Waals surface area contributed by atoms with Gasteiger partial charge in [0.25, 0.3) is 0 Å². The third-order valence-corrected chi connectivity index (χ3v) is 4.32. The standard InChI is InChI=1S/C13H22N4S/c1-9(2)18-8-11-15-12(17-13(14)16-11)10-6-4-3-5-7-10/h9-10H,3-8H2,1-2H3,(H2,14,15,16,17). The largest absolute Gasteiger partial charge is 0.368 e. The topological polar surface area (TPSA) is 64.7 Å². The second-order valence-corrected chi connectivity index (χ2v) is 6.73. The van der Waals surface area contributed by atoms with Gasteiger partial charge in [-0.25, -0.2) is 4.98 Å². The molecule has 0 spiro atoms. The van der Waals surface area contributed by atoms with Crippen molar-refractivity contribution in [2.45, 2.75) is 62.9 Å². The Bertz CT molecular complexity index is 389. The monoisotopic (exact) mass is 266 g/mol. The van der Waals surface area contributed by atoms with E-state index in [9.17, 15) is 0 Å². The molecule has 1 heterocycles. The molecule has 0 saturated heterocycles. The molecule has 2 N–H and O–H groups in total. The fraction of sp³-hybridized carbons (Fsp3) is 0.769. The summed E-state index contributed by atoms with van der Waals surface area (Å²) in [7, 11) is 0. The van der Waals surface area contributed by atoms with E-state index in [-0.39, 0.29) is 0 Å². The second-order valence-electron chi connectivity index (χ2n) is 5.16. The summed E-state index contributed by atoms with van der Waals surface area (Å²) in [6.45, 7) is 4.36. The van der Waals surface area contributed by atoms with Crippen LogP contribution in [0.25, 0.3) is 0 Å². The molecular formula is C13H22N4S. The van der Waals surface area contributed by atoms with E-state index in [1.165, 1.54) is 32.1 Å². The van der Waals surface area contributed by atoms with Gasteiger partial charge in [-0.1, -0.05) is 33.1 Å². The van der Waals surface area contributed by atoms with Gasteiger partial charge in [-0.2, -0.15) is 21.7 Å². The van der Waals surface area contributed by atoms with Gasteiger partial charge in [0.15, 0.2) is 0 Å². The Hall–Kier alpha value is -0.840. The van der Waals surface area contributed by atoms with E-state index in [2.05, 4.69) is 28.8 Å². The molecule has 0 unspecified atom stereocenters. The molecule has 1 aliphatic rings. The molecule has 18 heavy (non-hydrogen) atoms.